The molecule has 1 saturated heterocycles. The minimum atomic E-state index is -3.60. The van der Waals surface area contributed by atoms with Gasteiger partial charge < -0.3 is 4.42 Å². The summed E-state index contributed by atoms with van der Waals surface area (Å²) in [5.41, 5.74) is 3.45. The zero-order chi connectivity index (χ0) is 18.6. The van der Waals surface area contributed by atoms with Crippen molar-refractivity contribution in [2.45, 2.75) is 24.7 Å². The van der Waals surface area contributed by atoms with Crippen molar-refractivity contribution in [2.24, 2.45) is 11.0 Å². The summed E-state index contributed by atoms with van der Waals surface area (Å²) >= 11 is 0. The van der Waals surface area contributed by atoms with Crippen LogP contribution in [0, 0.1) is 12.8 Å². The number of carbonyl (C=O) groups excluding carboxylic acids is 1. The monoisotopic (exact) mass is 375 g/mol. The highest BCUT2D eigenvalue weighted by molar-refractivity contribution is 7.89. The number of amides is 1. The lowest BCUT2D eigenvalue weighted by Crippen LogP contribution is -2.44. The van der Waals surface area contributed by atoms with Crippen LogP contribution in [0.3, 0.4) is 0 Å². The van der Waals surface area contributed by atoms with Gasteiger partial charge in [-0.05, 0) is 44.0 Å². The largest absolute Gasteiger partial charge is 0.463 e. The number of sulfonamides is 1. The Labute approximate surface area is 152 Å². The number of hydrazone groups is 1. The van der Waals surface area contributed by atoms with Crippen LogP contribution >= 0.6 is 0 Å². The van der Waals surface area contributed by atoms with Crippen LogP contribution in [-0.2, 0) is 14.8 Å². The average molecular weight is 375 g/mol. The highest BCUT2D eigenvalue weighted by Gasteiger charge is 2.33. The summed E-state index contributed by atoms with van der Waals surface area (Å²) in [5.74, 6) is -0.202. The molecule has 1 atom stereocenters. The van der Waals surface area contributed by atoms with E-state index in [9.17, 15) is 13.2 Å². The van der Waals surface area contributed by atoms with Crippen LogP contribution in [0.5, 0.6) is 0 Å². The van der Waals surface area contributed by atoms with Crippen molar-refractivity contribution in [2.75, 3.05) is 13.1 Å². The molecule has 2 aromatic rings. The third-order valence-electron chi connectivity index (χ3n) is 4.32. The number of piperidine rings is 1. The number of rotatable bonds is 5. The molecule has 8 heteroatoms. The summed E-state index contributed by atoms with van der Waals surface area (Å²) in [6.45, 7) is 2.47. The zero-order valence-electron chi connectivity index (χ0n) is 14.5. The first kappa shape index (κ1) is 18.3. The molecule has 1 fully saturated rings. The Kier molecular flexibility index (Phi) is 5.53. The molecule has 138 valence electrons. The molecule has 0 bridgehead atoms. The predicted molar refractivity (Wildman–Crippen MR) is 97.1 cm³/mol. The van der Waals surface area contributed by atoms with Crippen LogP contribution < -0.4 is 5.43 Å². The summed E-state index contributed by atoms with van der Waals surface area (Å²) in [6, 6.07) is 10.2. The minimum Gasteiger partial charge on any atom is -0.463 e. The highest BCUT2D eigenvalue weighted by Crippen LogP contribution is 2.24. The van der Waals surface area contributed by atoms with Crippen LogP contribution in [0.15, 0.2) is 57.1 Å². The van der Waals surface area contributed by atoms with Gasteiger partial charge in [0.1, 0.15) is 5.76 Å². The minimum absolute atomic E-state index is 0.151. The molecule has 1 aliphatic heterocycles. The Bertz CT molecular complexity index is 874. The number of furan rings is 1. The quantitative estimate of drug-likeness (QED) is 0.640. The summed E-state index contributed by atoms with van der Waals surface area (Å²) in [4.78, 5) is 12.6. The number of hydrogen-bond acceptors (Lipinski definition) is 5. The van der Waals surface area contributed by atoms with Gasteiger partial charge in [0.15, 0.2) is 0 Å². The fraction of sp³-hybridized carbons (Fsp3) is 0.333. The maximum absolute atomic E-state index is 12.8. The van der Waals surface area contributed by atoms with Crippen molar-refractivity contribution >= 4 is 22.1 Å². The van der Waals surface area contributed by atoms with E-state index < -0.39 is 15.9 Å². The van der Waals surface area contributed by atoms with Crippen molar-refractivity contribution in [1.29, 1.82) is 0 Å². The lowest BCUT2D eigenvalue weighted by Gasteiger charge is -2.30. The Balaban J connectivity index is 1.64. The first-order chi connectivity index (χ1) is 12.5. The molecule has 7 nitrogen and oxygen atoms in total. The number of carbonyl (C=O) groups is 1. The molecule has 1 aromatic carbocycles. The van der Waals surface area contributed by atoms with E-state index in [-0.39, 0.29) is 17.3 Å². The van der Waals surface area contributed by atoms with Crippen LogP contribution in [0.2, 0.25) is 0 Å². The summed E-state index contributed by atoms with van der Waals surface area (Å²) in [7, 11) is -3.60. The van der Waals surface area contributed by atoms with E-state index in [4.69, 9.17) is 4.42 Å². The van der Waals surface area contributed by atoms with Crippen molar-refractivity contribution in [3.8, 4) is 0 Å². The zero-order valence-corrected chi connectivity index (χ0v) is 15.3. The van der Waals surface area contributed by atoms with Crippen molar-refractivity contribution < 1.29 is 17.6 Å². The number of nitrogens with one attached hydrogen (secondary N) is 1. The topological polar surface area (TPSA) is 92.0 Å². The van der Waals surface area contributed by atoms with Crippen molar-refractivity contribution in [3.05, 3.63) is 54.0 Å². The van der Waals surface area contributed by atoms with E-state index in [1.807, 2.05) is 6.92 Å². The van der Waals surface area contributed by atoms with E-state index >= 15 is 0 Å². The lowest BCUT2D eigenvalue weighted by atomic mass is 9.99. The second-order valence-corrected chi connectivity index (χ2v) is 8.20. The predicted octanol–water partition coefficient (Wildman–Crippen LogP) is 2.14. The molecule has 0 saturated carbocycles. The maximum Gasteiger partial charge on any atom is 0.244 e. The smallest absolute Gasteiger partial charge is 0.244 e. The second kappa shape index (κ2) is 7.84. The van der Waals surface area contributed by atoms with Gasteiger partial charge in [-0.1, -0.05) is 17.7 Å². The molecule has 0 unspecified atom stereocenters. The van der Waals surface area contributed by atoms with Crippen LogP contribution in [0.25, 0.3) is 0 Å². The molecule has 0 spiro atoms. The normalized spacial score (nSPS) is 18.9. The molecule has 1 aromatic heterocycles. The van der Waals surface area contributed by atoms with Gasteiger partial charge >= 0.3 is 0 Å². The first-order valence-electron chi connectivity index (χ1n) is 8.40. The Morgan fingerprint density at radius 2 is 2.08 bits per heavy atom. The molecular formula is C18H21N3O4S. The number of nitrogens with zero attached hydrogens (tertiary/aromatic N) is 2. The second-order valence-electron chi connectivity index (χ2n) is 6.26. The third kappa shape index (κ3) is 4.20. The van der Waals surface area contributed by atoms with Gasteiger partial charge in [0.25, 0.3) is 0 Å². The number of benzene rings is 1. The van der Waals surface area contributed by atoms with Crippen LogP contribution in [0.1, 0.15) is 24.2 Å². The van der Waals surface area contributed by atoms with Crippen LogP contribution in [-0.4, -0.2) is 37.9 Å². The fourth-order valence-corrected chi connectivity index (χ4v) is 4.37. The molecule has 3 rings (SSSR count). The van der Waals surface area contributed by atoms with Crippen molar-refractivity contribution in [3.63, 3.8) is 0 Å². The Hall–Kier alpha value is -2.45. The van der Waals surface area contributed by atoms with E-state index in [0.717, 1.165) is 5.56 Å². The standard InChI is InChI=1S/C18H21N3O4S/c1-14-6-8-17(9-7-14)26(23,24)21-10-2-4-15(13-21)18(22)20-19-12-16-5-3-11-25-16/h3,5-9,11-12,15H,2,4,10,13H2,1H3,(H,20,22)/b19-12-/t15-/m1/s1. The van der Waals surface area contributed by atoms with E-state index in [0.29, 0.717) is 25.1 Å². The molecule has 1 amide bonds. The molecule has 2 heterocycles. The van der Waals surface area contributed by atoms with Gasteiger partial charge in [-0.15, -0.1) is 0 Å². The molecule has 26 heavy (non-hydrogen) atoms. The van der Waals surface area contributed by atoms with Gasteiger partial charge in [-0.25, -0.2) is 13.8 Å². The summed E-state index contributed by atoms with van der Waals surface area (Å²) in [6.07, 6.45) is 4.17. The molecule has 0 radical (unpaired) electrons. The van der Waals surface area contributed by atoms with E-state index in [1.54, 1.807) is 36.4 Å². The van der Waals surface area contributed by atoms with E-state index in [1.165, 1.54) is 16.8 Å². The van der Waals surface area contributed by atoms with Gasteiger partial charge in [0.2, 0.25) is 15.9 Å². The maximum atomic E-state index is 12.8. The van der Waals surface area contributed by atoms with Gasteiger partial charge in [0.05, 0.1) is 23.3 Å². The fourth-order valence-electron chi connectivity index (χ4n) is 2.85. The number of hydrogen-bond donors (Lipinski definition) is 1. The Morgan fingerprint density at radius 3 is 2.77 bits per heavy atom. The molecular weight excluding hydrogens is 354 g/mol. The van der Waals surface area contributed by atoms with Crippen molar-refractivity contribution in [1.82, 2.24) is 9.73 Å². The van der Waals surface area contributed by atoms with E-state index in [2.05, 4.69) is 10.5 Å². The molecule has 1 aliphatic rings. The van der Waals surface area contributed by atoms with Gasteiger partial charge in [-0.2, -0.15) is 9.41 Å². The average Bonchev–Trinajstić information content (AvgIpc) is 3.15. The SMILES string of the molecule is Cc1ccc(S(=O)(=O)N2CCC[C@@H](C(=O)N/N=C\c3ccco3)C2)cc1. The van der Waals surface area contributed by atoms with Gasteiger partial charge in [-0.3, -0.25) is 4.79 Å². The molecule has 0 aliphatic carbocycles. The van der Waals surface area contributed by atoms with Gasteiger partial charge in [0, 0.05) is 13.1 Å². The third-order valence-corrected chi connectivity index (χ3v) is 6.20. The van der Waals surface area contributed by atoms with Crippen LogP contribution in [0.4, 0.5) is 0 Å². The first-order valence-corrected chi connectivity index (χ1v) is 9.84. The highest BCUT2D eigenvalue weighted by atomic mass is 32.2. The Morgan fingerprint density at radius 1 is 1.31 bits per heavy atom. The number of aryl methyl sites for hydroxylation is 1. The summed E-state index contributed by atoms with van der Waals surface area (Å²) in [5, 5.41) is 3.86. The summed E-state index contributed by atoms with van der Waals surface area (Å²) < 4.78 is 32.0. The molecule has 1 N–H and O–H groups in total. The lowest BCUT2D eigenvalue weighted by molar-refractivity contribution is -0.126.